The molecule has 5 nitrogen and oxygen atoms in total. The summed E-state index contributed by atoms with van der Waals surface area (Å²) in [6, 6.07) is -0.0249. The van der Waals surface area contributed by atoms with Crippen LogP contribution in [0.3, 0.4) is 0 Å². The minimum atomic E-state index is -0.563. The lowest BCUT2D eigenvalue weighted by Crippen LogP contribution is -2.51. The van der Waals surface area contributed by atoms with E-state index in [1.807, 2.05) is 13.8 Å². The summed E-state index contributed by atoms with van der Waals surface area (Å²) in [5.41, 5.74) is 0. The van der Waals surface area contributed by atoms with Gasteiger partial charge in [0, 0.05) is 25.1 Å². The van der Waals surface area contributed by atoms with Gasteiger partial charge in [0.1, 0.15) is 0 Å². The molecule has 2 saturated heterocycles. The molecule has 0 aliphatic carbocycles. The zero-order chi connectivity index (χ0) is 13.3. The first-order chi connectivity index (χ1) is 8.37. The summed E-state index contributed by atoms with van der Waals surface area (Å²) in [5, 5.41) is 0.136. The van der Waals surface area contributed by atoms with Crippen LogP contribution in [0.2, 0.25) is 0 Å². The molecule has 1 amide bonds. The van der Waals surface area contributed by atoms with Crippen LogP contribution in [0, 0.1) is 0 Å². The van der Waals surface area contributed by atoms with E-state index in [1.54, 1.807) is 4.90 Å². The Bertz CT molecular complexity index is 348. The first kappa shape index (κ1) is 13.8. The number of hydrogen-bond acceptors (Lipinski definition) is 5. The maximum atomic E-state index is 11.9. The highest BCUT2D eigenvalue weighted by Crippen LogP contribution is 2.28. The molecular weight excluding hydrogens is 254 g/mol. The third-order valence-electron chi connectivity index (χ3n) is 3.14. The molecule has 2 aliphatic heterocycles. The maximum absolute atomic E-state index is 11.9. The topological polar surface area (TPSA) is 55.8 Å². The van der Waals surface area contributed by atoms with E-state index < -0.39 is 5.79 Å². The van der Waals surface area contributed by atoms with Crippen molar-refractivity contribution in [3.63, 3.8) is 0 Å². The predicted octanol–water partition coefficient (Wildman–Crippen LogP) is 1.02. The summed E-state index contributed by atoms with van der Waals surface area (Å²) in [6.07, 6.45) is 0.435. The Morgan fingerprint density at radius 2 is 2.00 bits per heavy atom. The van der Waals surface area contributed by atoms with Crippen molar-refractivity contribution in [2.45, 2.75) is 44.3 Å². The number of ether oxygens (including phenoxy) is 2. The quantitative estimate of drug-likeness (QED) is 0.752. The fourth-order valence-corrected chi connectivity index (χ4v) is 3.16. The van der Waals surface area contributed by atoms with Crippen LogP contribution >= 0.6 is 11.8 Å². The second-order valence-corrected chi connectivity index (χ2v) is 6.63. The van der Waals surface area contributed by atoms with E-state index in [-0.39, 0.29) is 22.3 Å². The second kappa shape index (κ2) is 5.19. The van der Waals surface area contributed by atoms with Crippen LogP contribution in [0.25, 0.3) is 0 Å². The van der Waals surface area contributed by atoms with Crippen molar-refractivity contribution in [3.05, 3.63) is 0 Å². The lowest BCUT2D eigenvalue weighted by Gasteiger charge is -2.38. The fourth-order valence-electron chi connectivity index (χ4n) is 2.23. The predicted molar refractivity (Wildman–Crippen MR) is 68.2 cm³/mol. The molecule has 1 unspecified atom stereocenters. The number of rotatable bonds is 2. The molecule has 0 aromatic rings. The Labute approximate surface area is 111 Å². The lowest BCUT2D eigenvalue weighted by molar-refractivity contribution is -0.262. The van der Waals surface area contributed by atoms with E-state index in [0.717, 1.165) is 0 Å². The molecule has 0 spiro atoms. The number of amides is 1. The van der Waals surface area contributed by atoms with Gasteiger partial charge in [-0.15, -0.1) is 0 Å². The molecule has 2 aliphatic rings. The van der Waals surface area contributed by atoms with Crippen LogP contribution in [0.1, 0.15) is 27.2 Å². The Hall–Kier alpha value is -0.590. The van der Waals surface area contributed by atoms with Crippen LogP contribution in [-0.2, 0) is 19.1 Å². The van der Waals surface area contributed by atoms with Gasteiger partial charge in [-0.05, 0) is 13.8 Å². The Morgan fingerprint density at radius 1 is 1.39 bits per heavy atom. The van der Waals surface area contributed by atoms with Crippen molar-refractivity contribution in [2.75, 3.05) is 19.8 Å². The van der Waals surface area contributed by atoms with Crippen molar-refractivity contribution in [1.82, 2.24) is 4.90 Å². The molecule has 1 atom stereocenters. The molecule has 102 valence electrons. The van der Waals surface area contributed by atoms with Crippen LogP contribution in [0.15, 0.2) is 0 Å². The first-order valence-electron chi connectivity index (χ1n) is 6.12. The van der Waals surface area contributed by atoms with Crippen molar-refractivity contribution >= 4 is 22.8 Å². The van der Waals surface area contributed by atoms with Crippen LogP contribution in [0.4, 0.5) is 0 Å². The third kappa shape index (κ3) is 3.24. The minimum Gasteiger partial charge on any atom is -0.348 e. The van der Waals surface area contributed by atoms with E-state index in [1.165, 1.54) is 18.7 Å². The van der Waals surface area contributed by atoms with Crippen molar-refractivity contribution in [2.24, 2.45) is 0 Å². The van der Waals surface area contributed by atoms with Gasteiger partial charge in [0.05, 0.1) is 19.3 Å². The molecule has 0 radical (unpaired) electrons. The van der Waals surface area contributed by atoms with Crippen molar-refractivity contribution in [3.8, 4) is 0 Å². The van der Waals surface area contributed by atoms with Gasteiger partial charge in [0.2, 0.25) is 5.91 Å². The Kier molecular flexibility index (Phi) is 3.99. The molecule has 2 heterocycles. The van der Waals surface area contributed by atoms with Crippen LogP contribution in [-0.4, -0.2) is 52.8 Å². The summed E-state index contributed by atoms with van der Waals surface area (Å²) >= 11 is 1.25. The van der Waals surface area contributed by atoms with Gasteiger partial charge in [-0.2, -0.15) is 0 Å². The number of thioether (sulfide) groups is 1. The van der Waals surface area contributed by atoms with Gasteiger partial charge in [-0.3, -0.25) is 9.59 Å². The highest BCUT2D eigenvalue weighted by atomic mass is 32.2. The summed E-state index contributed by atoms with van der Waals surface area (Å²) in [7, 11) is 0. The van der Waals surface area contributed by atoms with Gasteiger partial charge in [0.25, 0.3) is 0 Å². The van der Waals surface area contributed by atoms with E-state index in [0.29, 0.717) is 26.2 Å². The summed E-state index contributed by atoms with van der Waals surface area (Å²) in [6.45, 7) is 6.87. The van der Waals surface area contributed by atoms with Crippen LogP contribution < -0.4 is 0 Å². The van der Waals surface area contributed by atoms with Gasteiger partial charge in [-0.1, -0.05) is 11.8 Å². The highest BCUT2D eigenvalue weighted by Gasteiger charge is 2.39. The number of likely N-dealkylation sites (tertiary alicyclic amines) is 1. The lowest BCUT2D eigenvalue weighted by atomic mass is 10.2. The van der Waals surface area contributed by atoms with E-state index >= 15 is 0 Å². The van der Waals surface area contributed by atoms with Crippen molar-refractivity contribution < 1.29 is 19.1 Å². The zero-order valence-electron chi connectivity index (χ0n) is 11.0. The SMILES string of the molecule is CC(=O)SC1CC(=O)N(C2COC(C)(C)OC2)C1. The Morgan fingerprint density at radius 3 is 2.56 bits per heavy atom. The molecule has 2 rings (SSSR count). The molecule has 2 fully saturated rings. The largest absolute Gasteiger partial charge is 0.348 e. The smallest absolute Gasteiger partial charge is 0.224 e. The van der Waals surface area contributed by atoms with E-state index in [4.69, 9.17) is 9.47 Å². The number of hydrogen-bond donors (Lipinski definition) is 0. The minimum absolute atomic E-state index is 0.0249. The molecule has 0 bridgehead atoms. The summed E-state index contributed by atoms with van der Waals surface area (Å²) < 4.78 is 11.1. The first-order valence-corrected chi connectivity index (χ1v) is 7.00. The summed E-state index contributed by atoms with van der Waals surface area (Å²) in [4.78, 5) is 24.8. The number of carbonyl (C=O) groups excluding carboxylic acids is 2. The standard InChI is InChI=1S/C12H19NO4S/c1-8(14)18-10-4-11(15)13(5-10)9-6-16-12(2,3)17-7-9/h9-10H,4-7H2,1-3H3. The molecule has 0 saturated carbocycles. The molecule has 18 heavy (non-hydrogen) atoms. The van der Waals surface area contributed by atoms with Crippen molar-refractivity contribution in [1.29, 1.82) is 0 Å². The van der Waals surface area contributed by atoms with E-state index in [9.17, 15) is 9.59 Å². The number of carbonyl (C=O) groups is 2. The van der Waals surface area contributed by atoms with Gasteiger partial charge in [0.15, 0.2) is 10.9 Å². The Balaban J connectivity index is 1.90. The second-order valence-electron chi connectivity index (χ2n) is 5.16. The molecule has 0 N–H and O–H groups in total. The third-order valence-corrected chi connectivity index (χ3v) is 4.12. The van der Waals surface area contributed by atoms with Gasteiger partial charge in [-0.25, -0.2) is 0 Å². The fraction of sp³-hybridized carbons (Fsp3) is 0.833. The maximum Gasteiger partial charge on any atom is 0.224 e. The molecule has 6 heteroatoms. The monoisotopic (exact) mass is 273 g/mol. The average molecular weight is 273 g/mol. The van der Waals surface area contributed by atoms with E-state index in [2.05, 4.69) is 0 Å². The summed E-state index contributed by atoms with van der Waals surface area (Å²) in [5.74, 6) is -0.474. The molecule has 0 aromatic heterocycles. The van der Waals surface area contributed by atoms with Crippen LogP contribution in [0.5, 0.6) is 0 Å². The number of nitrogens with zero attached hydrogens (tertiary/aromatic N) is 1. The zero-order valence-corrected chi connectivity index (χ0v) is 11.8. The highest BCUT2D eigenvalue weighted by molar-refractivity contribution is 8.14. The van der Waals surface area contributed by atoms with Gasteiger partial charge < -0.3 is 14.4 Å². The average Bonchev–Trinajstić information content (AvgIpc) is 2.58. The molecular formula is C12H19NO4S. The normalized spacial score (nSPS) is 28.7. The molecule has 0 aromatic carbocycles. The van der Waals surface area contributed by atoms with Gasteiger partial charge >= 0.3 is 0 Å².